The van der Waals surface area contributed by atoms with Gasteiger partial charge in [-0.25, -0.2) is 0 Å². The van der Waals surface area contributed by atoms with E-state index in [0.717, 1.165) is 6.07 Å². The van der Waals surface area contributed by atoms with Crippen LogP contribution in [-0.4, -0.2) is 11.6 Å². The highest BCUT2D eigenvalue weighted by atomic mass is 19.4. The van der Waals surface area contributed by atoms with E-state index in [1.807, 2.05) is 0 Å². The van der Waals surface area contributed by atoms with E-state index in [4.69, 9.17) is 10.5 Å². The molecule has 3 nitrogen and oxygen atoms in total. The van der Waals surface area contributed by atoms with Crippen LogP contribution in [0.2, 0.25) is 0 Å². The van der Waals surface area contributed by atoms with E-state index >= 15 is 0 Å². The van der Waals surface area contributed by atoms with Crippen LogP contribution >= 0.6 is 0 Å². The van der Waals surface area contributed by atoms with Crippen molar-refractivity contribution in [3.8, 4) is 0 Å². The van der Waals surface area contributed by atoms with Crippen LogP contribution in [0.5, 0.6) is 0 Å². The molecule has 2 N–H and O–H groups in total. The van der Waals surface area contributed by atoms with Crippen LogP contribution in [0.4, 0.5) is 13.2 Å². The van der Waals surface area contributed by atoms with Gasteiger partial charge in [-0.05, 0) is 38.0 Å². The summed E-state index contributed by atoms with van der Waals surface area (Å²) in [4.78, 5) is 11.7. The Labute approximate surface area is 115 Å². The molecule has 1 rings (SSSR count). The molecule has 1 aromatic rings. The molecule has 0 amide bonds. The summed E-state index contributed by atoms with van der Waals surface area (Å²) in [7, 11) is 0. The summed E-state index contributed by atoms with van der Waals surface area (Å²) >= 11 is 0. The van der Waals surface area contributed by atoms with E-state index < -0.39 is 29.7 Å². The number of hydrogen-bond acceptors (Lipinski definition) is 3. The fraction of sp³-hybridized carbons (Fsp3) is 0.500. The summed E-state index contributed by atoms with van der Waals surface area (Å²) in [6, 6.07) is 3.55. The minimum absolute atomic E-state index is 0.111. The highest BCUT2D eigenvalue weighted by Crippen LogP contribution is 2.33. The molecule has 0 saturated heterocycles. The van der Waals surface area contributed by atoms with Crippen molar-refractivity contribution in [3.63, 3.8) is 0 Å². The average molecular weight is 289 g/mol. The van der Waals surface area contributed by atoms with Crippen molar-refractivity contribution in [3.05, 3.63) is 34.9 Å². The third-order valence-electron chi connectivity index (χ3n) is 2.47. The van der Waals surface area contributed by atoms with Crippen LogP contribution in [-0.2, 0) is 28.7 Å². The predicted octanol–water partition coefficient (Wildman–Crippen LogP) is 3.05. The molecule has 20 heavy (non-hydrogen) atoms. The van der Waals surface area contributed by atoms with Crippen LogP contribution in [0.25, 0.3) is 0 Å². The number of carbonyl (C=O) groups is 1. The van der Waals surface area contributed by atoms with E-state index in [1.54, 1.807) is 20.8 Å². The third-order valence-corrected chi connectivity index (χ3v) is 2.47. The highest BCUT2D eigenvalue weighted by molar-refractivity contribution is 5.73. The Bertz CT molecular complexity index is 490. The Morgan fingerprint density at radius 2 is 1.85 bits per heavy atom. The molecule has 0 radical (unpaired) electrons. The molecule has 0 aliphatic carbocycles. The lowest BCUT2D eigenvalue weighted by atomic mass is 10.0. The van der Waals surface area contributed by atoms with Gasteiger partial charge in [0.05, 0.1) is 12.0 Å². The molecule has 0 atom stereocenters. The fourth-order valence-corrected chi connectivity index (χ4v) is 1.73. The van der Waals surface area contributed by atoms with Gasteiger partial charge in [0.2, 0.25) is 0 Å². The second-order valence-electron chi connectivity index (χ2n) is 5.46. The molecule has 0 aromatic heterocycles. The topological polar surface area (TPSA) is 52.3 Å². The van der Waals surface area contributed by atoms with Gasteiger partial charge in [-0.15, -0.1) is 0 Å². The molecule has 112 valence electrons. The standard InChI is InChI=1S/C14H18F3NO2/c1-13(2,3)20-12(19)7-10-6-9(8-18)4-5-11(10)14(15,16)17/h4-6H,7-8,18H2,1-3H3. The minimum atomic E-state index is -4.51. The SMILES string of the molecule is CC(C)(C)OC(=O)Cc1cc(CN)ccc1C(F)(F)F. The first-order valence-corrected chi connectivity index (χ1v) is 6.14. The lowest BCUT2D eigenvalue weighted by Crippen LogP contribution is -2.25. The maximum absolute atomic E-state index is 12.9. The van der Waals surface area contributed by atoms with Gasteiger partial charge in [0, 0.05) is 6.54 Å². The van der Waals surface area contributed by atoms with Gasteiger partial charge < -0.3 is 10.5 Å². The Hall–Kier alpha value is -1.56. The van der Waals surface area contributed by atoms with Crippen molar-refractivity contribution in [2.45, 2.75) is 45.5 Å². The van der Waals surface area contributed by atoms with Crippen molar-refractivity contribution in [1.82, 2.24) is 0 Å². The van der Waals surface area contributed by atoms with E-state index in [-0.39, 0.29) is 12.1 Å². The molecule has 6 heteroatoms. The van der Waals surface area contributed by atoms with Crippen molar-refractivity contribution in [1.29, 1.82) is 0 Å². The van der Waals surface area contributed by atoms with Crippen LogP contribution < -0.4 is 5.73 Å². The van der Waals surface area contributed by atoms with Gasteiger partial charge in [0.25, 0.3) is 0 Å². The van der Waals surface area contributed by atoms with E-state index in [0.29, 0.717) is 5.56 Å². The van der Waals surface area contributed by atoms with Gasteiger partial charge >= 0.3 is 12.1 Å². The molecule has 0 fully saturated rings. The highest BCUT2D eigenvalue weighted by Gasteiger charge is 2.34. The molecule has 0 bridgehead atoms. The van der Waals surface area contributed by atoms with Gasteiger partial charge in [0.15, 0.2) is 0 Å². The maximum Gasteiger partial charge on any atom is 0.416 e. The smallest absolute Gasteiger partial charge is 0.416 e. The number of nitrogens with two attached hydrogens (primary N) is 1. The second kappa shape index (κ2) is 5.83. The van der Waals surface area contributed by atoms with Crippen LogP contribution in [0.1, 0.15) is 37.5 Å². The molecular weight excluding hydrogens is 271 g/mol. The zero-order valence-electron chi connectivity index (χ0n) is 11.7. The Kier molecular flexibility index (Phi) is 4.81. The molecular formula is C14H18F3NO2. The van der Waals surface area contributed by atoms with Crippen molar-refractivity contribution >= 4 is 5.97 Å². The number of ether oxygens (including phenoxy) is 1. The number of rotatable bonds is 3. The molecule has 0 aliphatic heterocycles. The largest absolute Gasteiger partial charge is 0.460 e. The maximum atomic E-state index is 12.9. The van der Waals surface area contributed by atoms with Crippen molar-refractivity contribution < 1.29 is 22.7 Å². The van der Waals surface area contributed by atoms with Gasteiger partial charge in [0.1, 0.15) is 5.60 Å². The lowest BCUT2D eigenvalue weighted by Gasteiger charge is -2.20. The van der Waals surface area contributed by atoms with Crippen LogP contribution in [0.15, 0.2) is 18.2 Å². The molecule has 1 aromatic carbocycles. The van der Waals surface area contributed by atoms with E-state index in [9.17, 15) is 18.0 Å². The quantitative estimate of drug-likeness (QED) is 0.870. The lowest BCUT2D eigenvalue weighted by molar-refractivity contribution is -0.154. The number of alkyl halides is 3. The zero-order chi connectivity index (χ0) is 15.6. The summed E-state index contributed by atoms with van der Waals surface area (Å²) in [5, 5.41) is 0. The van der Waals surface area contributed by atoms with Gasteiger partial charge in [-0.3, -0.25) is 4.79 Å². The first kappa shape index (κ1) is 16.5. The van der Waals surface area contributed by atoms with Gasteiger partial charge in [-0.1, -0.05) is 12.1 Å². The number of carbonyl (C=O) groups excluding carboxylic acids is 1. The summed E-state index contributed by atoms with van der Waals surface area (Å²) in [5.74, 6) is -0.697. The Morgan fingerprint density at radius 3 is 2.30 bits per heavy atom. The number of esters is 1. The predicted molar refractivity (Wildman–Crippen MR) is 68.9 cm³/mol. The summed E-state index contributed by atoms with van der Waals surface area (Å²) < 4.78 is 43.7. The molecule has 0 spiro atoms. The molecule has 0 aliphatic rings. The van der Waals surface area contributed by atoms with E-state index in [1.165, 1.54) is 12.1 Å². The molecule has 0 unspecified atom stereocenters. The summed E-state index contributed by atoms with van der Waals surface area (Å²) in [5.41, 5.74) is 4.27. The number of benzene rings is 1. The molecule has 0 heterocycles. The monoisotopic (exact) mass is 289 g/mol. The van der Waals surface area contributed by atoms with Crippen molar-refractivity contribution in [2.75, 3.05) is 0 Å². The van der Waals surface area contributed by atoms with Crippen molar-refractivity contribution in [2.24, 2.45) is 5.73 Å². The third kappa shape index (κ3) is 4.85. The first-order chi connectivity index (χ1) is 9.03. The van der Waals surface area contributed by atoms with Gasteiger partial charge in [-0.2, -0.15) is 13.2 Å². The Balaban J connectivity index is 3.05. The minimum Gasteiger partial charge on any atom is -0.460 e. The van der Waals surface area contributed by atoms with Crippen LogP contribution in [0, 0.1) is 0 Å². The normalized spacial score (nSPS) is 12.3. The number of halogens is 3. The summed E-state index contributed by atoms with van der Waals surface area (Å²) in [6.07, 6.45) is -4.94. The average Bonchev–Trinajstić information content (AvgIpc) is 2.24. The van der Waals surface area contributed by atoms with Crippen LogP contribution in [0.3, 0.4) is 0 Å². The van der Waals surface area contributed by atoms with E-state index in [2.05, 4.69) is 0 Å². The number of hydrogen-bond donors (Lipinski definition) is 1. The second-order valence-corrected chi connectivity index (χ2v) is 5.46. The zero-order valence-corrected chi connectivity index (χ0v) is 11.7. The first-order valence-electron chi connectivity index (χ1n) is 6.14. The Morgan fingerprint density at radius 1 is 1.25 bits per heavy atom. The molecule has 0 saturated carbocycles. The summed E-state index contributed by atoms with van der Waals surface area (Å²) in [6.45, 7) is 5.09. The fourth-order valence-electron chi connectivity index (χ4n) is 1.73.